The molecule has 0 aromatic heterocycles. The zero-order valence-corrected chi connectivity index (χ0v) is 15.2. The highest BCUT2D eigenvalue weighted by Crippen LogP contribution is 1.95. The van der Waals surface area contributed by atoms with Crippen LogP contribution in [0.25, 0.3) is 0 Å². The van der Waals surface area contributed by atoms with Gasteiger partial charge in [-0.25, -0.2) is 5.43 Å². The van der Waals surface area contributed by atoms with Gasteiger partial charge in [-0.15, -0.1) is 15.6 Å². The Labute approximate surface area is 164 Å². The van der Waals surface area contributed by atoms with E-state index in [9.17, 15) is 0 Å². The van der Waals surface area contributed by atoms with Crippen molar-refractivity contribution < 1.29 is 5.10 Å². The first-order chi connectivity index (χ1) is 13.9. The molecule has 0 heterocycles. The number of nitrogens with zero attached hydrogens (tertiary/aromatic N) is 3. The minimum absolute atomic E-state index is 0.353. The van der Waals surface area contributed by atoms with Crippen LogP contribution < -0.4 is 16.0 Å². The van der Waals surface area contributed by atoms with Gasteiger partial charge in [0.1, 0.15) is 0 Å². The molecular formula is C22H21N6+. The maximum Gasteiger partial charge on any atom is 0.291 e. The summed E-state index contributed by atoms with van der Waals surface area (Å²) in [5, 5.41) is 15.4. The number of hydrogen-bond donors (Lipinski definition) is 3. The Balaban J connectivity index is 1.67. The van der Waals surface area contributed by atoms with Gasteiger partial charge in [-0.1, -0.05) is 78.9 Å². The standard InChI is InChI=1S/C22H20N6/c1-4-10-19(11-5-1)16-23-26-22(27-24-17-20-12-6-2-7-13-20)28-25-18-21-14-8-3-9-15-21/h1-18H,(H2,26,27,28)/p+1/b23-16-,24-17-,25-18-. The summed E-state index contributed by atoms with van der Waals surface area (Å²) >= 11 is 0. The van der Waals surface area contributed by atoms with Gasteiger partial charge in [-0.05, 0) is 23.3 Å². The van der Waals surface area contributed by atoms with E-state index in [0.717, 1.165) is 16.7 Å². The number of hydrazone groups is 2. The topological polar surface area (TPSA) is 75.1 Å². The van der Waals surface area contributed by atoms with Crippen LogP contribution >= 0.6 is 0 Å². The molecule has 6 nitrogen and oxygen atoms in total. The lowest BCUT2D eigenvalue weighted by molar-refractivity contribution is -0.500. The molecule has 0 saturated heterocycles. The second-order valence-electron chi connectivity index (χ2n) is 5.71. The Kier molecular flexibility index (Phi) is 7.24. The maximum absolute atomic E-state index is 4.20. The molecule has 6 heteroatoms. The van der Waals surface area contributed by atoms with Gasteiger partial charge in [0, 0.05) is 5.56 Å². The van der Waals surface area contributed by atoms with E-state index in [0.29, 0.717) is 5.96 Å². The first-order valence-corrected chi connectivity index (χ1v) is 8.80. The highest BCUT2D eigenvalue weighted by molar-refractivity contribution is 5.85. The van der Waals surface area contributed by atoms with E-state index in [2.05, 4.69) is 31.3 Å². The molecule has 3 N–H and O–H groups in total. The normalized spacial score (nSPS) is 12.1. The number of guanidine groups is 1. The first-order valence-electron chi connectivity index (χ1n) is 8.80. The largest absolute Gasteiger partial charge is 0.291 e. The minimum Gasteiger partial charge on any atom is -0.241 e. The van der Waals surface area contributed by atoms with E-state index in [1.165, 1.54) is 0 Å². The van der Waals surface area contributed by atoms with Gasteiger partial charge < -0.3 is 0 Å². The summed E-state index contributed by atoms with van der Waals surface area (Å²) in [4.78, 5) is 0. The second kappa shape index (κ2) is 10.8. The van der Waals surface area contributed by atoms with Crippen molar-refractivity contribution in [1.29, 1.82) is 0 Å². The van der Waals surface area contributed by atoms with Crippen LogP contribution in [0.3, 0.4) is 0 Å². The molecule has 0 aliphatic heterocycles. The van der Waals surface area contributed by atoms with E-state index in [4.69, 9.17) is 0 Å². The molecule has 0 spiro atoms. The molecule has 0 radical (unpaired) electrons. The third-order valence-corrected chi connectivity index (χ3v) is 3.58. The predicted molar refractivity (Wildman–Crippen MR) is 114 cm³/mol. The number of benzene rings is 3. The molecule has 3 rings (SSSR count). The summed E-state index contributed by atoms with van der Waals surface area (Å²) in [6.45, 7) is 0. The van der Waals surface area contributed by atoms with Crippen molar-refractivity contribution in [2.24, 2.45) is 15.3 Å². The second-order valence-corrected chi connectivity index (χ2v) is 5.71. The van der Waals surface area contributed by atoms with Gasteiger partial charge >= 0.3 is 0 Å². The van der Waals surface area contributed by atoms with Crippen LogP contribution in [0, 0.1) is 0 Å². The van der Waals surface area contributed by atoms with Crippen molar-refractivity contribution in [3.05, 3.63) is 108 Å². The van der Waals surface area contributed by atoms with Crippen molar-refractivity contribution in [2.45, 2.75) is 0 Å². The Hall–Kier alpha value is -4.06. The third kappa shape index (κ3) is 6.68. The lowest BCUT2D eigenvalue weighted by atomic mass is 10.2. The minimum atomic E-state index is 0.353. The lowest BCUT2D eigenvalue weighted by Crippen LogP contribution is -2.82. The quantitative estimate of drug-likeness (QED) is 0.351. The molecule has 28 heavy (non-hydrogen) atoms. The van der Waals surface area contributed by atoms with Gasteiger partial charge in [-0.3, -0.25) is 0 Å². The average Bonchev–Trinajstić information content (AvgIpc) is 2.76. The van der Waals surface area contributed by atoms with Crippen LogP contribution in [-0.2, 0) is 0 Å². The molecule has 0 atom stereocenters. The van der Waals surface area contributed by atoms with Gasteiger partial charge in [0.25, 0.3) is 5.96 Å². The Morgan fingerprint density at radius 1 is 0.679 bits per heavy atom. The summed E-state index contributed by atoms with van der Waals surface area (Å²) in [7, 11) is 0. The molecule has 3 aromatic carbocycles. The lowest BCUT2D eigenvalue weighted by Gasteiger charge is -1.99. The fraction of sp³-hybridized carbons (Fsp3) is 0. The maximum atomic E-state index is 4.20. The van der Waals surface area contributed by atoms with Crippen LogP contribution in [0.4, 0.5) is 0 Å². The van der Waals surface area contributed by atoms with E-state index >= 15 is 0 Å². The highest BCUT2D eigenvalue weighted by atomic mass is 15.5. The molecule has 138 valence electrons. The predicted octanol–water partition coefficient (Wildman–Crippen LogP) is 1.70. The smallest absolute Gasteiger partial charge is 0.241 e. The fourth-order valence-electron chi connectivity index (χ4n) is 2.21. The van der Waals surface area contributed by atoms with Crippen LogP contribution in [0.2, 0.25) is 0 Å². The van der Waals surface area contributed by atoms with Crippen molar-refractivity contribution in [1.82, 2.24) is 10.9 Å². The molecule has 3 aromatic rings. The van der Waals surface area contributed by atoms with Crippen molar-refractivity contribution in [3.63, 3.8) is 0 Å². The molecule has 0 bridgehead atoms. The average molecular weight is 369 g/mol. The van der Waals surface area contributed by atoms with E-state index < -0.39 is 0 Å². The number of rotatable bonds is 6. The van der Waals surface area contributed by atoms with Gasteiger partial charge in [0.05, 0.1) is 12.4 Å². The fourth-order valence-corrected chi connectivity index (χ4v) is 2.21. The van der Waals surface area contributed by atoms with Crippen LogP contribution in [0.5, 0.6) is 0 Å². The van der Waals surface area contributed by atoms with Crippen molar-refractivity contribution in [2.75, 3.05) is 0 Å². The third-order valence-electron chi connectivity index (χ3n) is 3.58. The number of hydrogen-bond acceptors (Lipinski definition) is 3. The summed E-state index contributed by atoms with van der Waals surface area (Å²) < 4.78 is 0. The van der Waals surface area contributed by atoms with E-state index in [-0.39, 0.29) is 0 Å². The summed E-state index contributed by atoms with van der Waals surface area (Å²) in [6, 6.07) is 29.4. The molecule has 0 fully saturated rings. The molecule has 0 unspecified atom stereocenters. The Morgan fingerprint density at radius 2 is 1.21 bits per heavy atom. The monoisotopic (exact) mass is 369 g/mol. The van der Waals surface area contributed by atoms with Crippen molar-refractivity contribution in [3.8, 4) is 0 Å². The molecular weight excluding hydrogens is 348 g/mol. The van der Waals surface area contributed by atoms with E-state index in [1.54, 1.807) is 12.4 Å². The summed E-state index contributed by atoms with van der Waals surface area (Å²) in [6.07, 6.45) is 5.20. The molecule has 0 amide bonds. The number of nitrogens with one attached hydrogen (secondary N) is 3. The molecule has 0 saturated carbocycles. The zero-order chi connectivity index (χ0) is 19.3. The van der Waals surface area contributed by atoms with Crippen molar-refractivity contribution >= 4 is 24.6 Å². The zero-order valence-electron chi connectivity index (χ0n) is 15.2. The highest BCUT2D eigenvalue weighted by Gasteiger charge is 1.98. The van der Waals surface area contributed by atoms with Crippen LogP contribution in [0.1, 0.15) is 16.7 Å². The molecule has 0 aliphatic rings. The van der Waals surface area contributed by atoms with Crippen LogP contribution in [-0.4, -0.2) is 24.6 Å². The van der Waals surface area contributed by atoms with Crippen LogP contribution in [0.15, 0.2) is 106 Å². The summed E-state index contributed by atoms with van der Waals surface area (Å²) in [5.41, 5.74) is 8.76. The van der Waals surface area contributed by atoms with Gasteiger partial charge in [0.15, 0.2) is 6.21 Å². The van der Waals surface area contributed by atoms with E-state index in [1.807, 2.05) is 97.2 Å². The summed E-state index contributed by atoms with van der Waals surface area (Å²) in [5.74, 6) is 0.353. The molecule has 0 aliphatic carbocycles. The number of hydrazine groups is 1. The van der Waals surface area contributed by atoms with Gasteiger partial charge in [0.2, 0.25) is 0 Å². The SMILES string of the molecule is C(=N/N=C(N/N=C\c1ccccc1)N/[NH+]=C\c1ccccc1)/c1ccccc1. The Morgan fingerprint density at radius 3 is 1.82 bits per heavy atom. The Bertz CT molecular complexity index is 895. The van der Waals surface area contributed by atoms with Gasteiger partial charge in [-0.2, -0.15) is 10.2 Å². The first kappa shape index (κ1) is 18.7.